The summed E-state index contributed by atoms with van der Waals surface area (Å²) >= 11 is 2.13. The standard InChI is InChI=1S/C14H26N2S/c1-16(14-5-7-17-10-14)6-4-11-8-12-2-3-13(9-11)15-12/h11-15H,2-10H2,1H3. The number of nitrogens with one attached hydrogen (secondary N) is 1. The minimum absolute atomic E-state index is 0.867. The zero-order chi connectivity index (χ0) is 11.7. The van der Waals surface area contributed by atoms with Crippen LogP contribution in [0.4, 0.5) is 0 Å². The van der Waals surface area contributed by atoms with Crippen molar-refractivity contribution in [2.45, 2.75) is 56.7 Å². The second-order valence-corrected chi connectivity index (χ2v) is 7.41. The van der Waals surface area contributed by atoms with Crippen LogP contribution in [0.25, 0.3) is 0 Å². The van der Waals surface area contributed by atoms with E-state index in [-0.39, 0.29) is 0 Å². The fourth-order valence-electron chi connectivity index (χ4n) is 3.85. The maximum Gasteiger partial charge on any atom is 0.0191 e. The molecular weight excluding hydrogens is 228 g/mol. The number of thioether (sulfide) groups is 1. The number of rotatable bonds is 4. The van der Waals surface area contributed by atoms with Crippen molar-refractivity contribution < 1.29 is 0 Å². The maximum atomic E-state index is 3.75. The Labute approximate surface area is 110 Å². The van der Waals surface area contributed by atoms with E-state index in [1.807, 2.05) is 0 Å². The van der Waals surface area contributed by atoms with Gasteiger partial charge in [0.1, 0.15) is 0 Å². The number of nitrogens with zero attached hydrogens (tertiary/aromatic N) is 1. The molecule has 0 aromatic rings. The Hall–Kier alpha value is 0.270. The Kier molecular flexibility index (Phi) is 3.98. The summed E-state index contributed by atoms with van der Waals surface area (Å²) in [6, 6.07) is 2.61. The van der Waals surface area contributed by atoms with Crippen molar-refractivity contribution in [2.75, 3.05) is 25.1 Å². The van der Waals surface area contributed by atoms with Crippen molar-refractivity contribution in [2.24, 2.45) is 5.92 Å². The zero-order valence-corrected chi connectivity index (χ0v) is 11.8. The molecule has 3 rings (SSSR count). The van der Waals surface area contributed by atoms with Gasteiger partial charge < -0.3 is 10.2 Å². The first-order chi connectivity index (χ1) is 8.31. The molecule has 3 heteroatoms. The molecule has 0 spiro atoms. The van der Waals surface area contributed by atoms with Crippen LogP contribution in [0, 0.1) is 5.92 Å². The molecule has 0 radical (unpaired) electrons. The Balaban J connectivity index is 1.41. The average molecular weight is 254 g/mol. The summed E-state index contributed by atoms with van der Waals surface area (Å²) in [5, 5.41) is 3.75. The van der Waals surface area contributed by atoms with Crippen molar-refractivity contribution in [3.63, 3.8) is 0 Å². The fraction of sp³-hybridized carbons (Fsp3) is 1.00. The van der Waals surface area contributed by atoms with Gasteiger partial charge in [0, 0.05) is 23.9 Å². The molecule has 3 saturated heterocycles. The van der Waals surface area contributed by atoms with Gasteiger partial charge in [0.15, 0.2) is 0 Å². The third-order valence-electron chi connectivity index (χ3n) is 4.99. The van der Waals surface area contributed by atoms with Gasteiger partial charge in [-0.15, -0.1) is 0 Å². The van der Waals surface area contributed by atoms with Gasteiger partial charge >= 0.3 is 0 Å². The molecule has 3 atom stereocenters. The Bertz CT molecular complexity index is 241. The lowest BCUT2D eigenvalue weighted by Crippen LogP contribution is -2.40. The van der Waals surface area contributed by atoms with Crippen molar-refractivity contribution in [1.82, 2.24) is 10.2 Å². The zero-order valence-electron chi connectivity index (χ0n) is 11.0. The Morgan fingerprint density at radius 2 is 1.94 bits per heavy atom. The van der Waals surface area contributed by atoms with Crippen molar-refractivity contribution in [1.29, 1.82) is 0 Å². The van der Waals surface area contributed by atoms with E-state index in [1.54, 1.807) is 0 Å². The van der Waals surface area contributed by atoms with Gasteiger partial charge in [-0.1, -0.05) is 0 Å². The minimum Gasteiger partial charge on any atom is -0.311 e. The lowest BCUT2D eigenvalue weighted by Gasteiger charge is -2.31. The van der Waals surface area contributed by atoms with Crippen molar-refractivity contribution in [3.05, 3.63) is 0 Å². The smallest absolute Gasteiger partial charge is 0.0191 e. The molecular formula is C14H26N2S. The van der Waals surface area contributed by atoms with Crippen LogP contribution in [-0.4, -0.2) is 48.1 Å². The van der Waals surface area contributed by atoms with Crippen LogP contribution in [0.5, 0.6) is 0 Å². The summed E-state index contributed by atoms with van der Waals surface area (Å²) in [5.74, 6) is 3.76. The lowest BCUT2D eigenvalue weighted by atomic mass is 9.89. The van der Waals surface area contributed by atoms with Gasteiger partial charge in [0.25, 0.3) is 0 Å². The molecule has 3 aliphatic heterocycles. The van der Waals surface area contributed by atoms with E-state index in [0.717, 1.165) is 24.0 Å². The van der Waals surface area contributed by atoms with Gasteiger partial charge in [-0.3, -0.25) is 0 Å². The molecule has 0 saturated carbocycles. The summed E-state index contributed by atoms with van der Waals surface area (Å²) < 4.78 is 0. The predicted octanol–water partition coefficient (Wildman–Crippen LogP) is 2.34. The van der Waals surface area contributed by atoms with Crippen LogP contribution >= 0.6 is 11.8 Å². The largest absolute Gasteiger partial charge is 0.311 e. The molecule has 17 heavy (non-hydrogen) atoms. The molecule has 0 aliphatic carbocycles. The highest BCUT2D eigenvalue weighted by molar-refractivity contribution is 7.99. The number of piperidine rings is 1. The van der Waals surface area contributed by atoms with E-state index < -0.39 is 0 Å². The number of hydrogen-bond donors (Lipinski definition) is 1. The summed E-state index contributed by atoms with van der Waals surface area (Å²) in [5.41, 5.74) is 0. The molecule has 1 N–H and O–H groups in total. The molecule has 0 amide bonds. The van der Waals surface area contributed by atoms with Gasteiger partial charge in [-0.25, -0.2) is 0 Å². The fourth-order valence-corrected chi connectivity index (χ4v) is 5.15. The number of fused-ring (bicyclic) bond motifs is 2. The average Bonchev–Trinajstić information content (AvgIpc) is 2.96. The SMILES string of the molecule is CN(CCC1CC2CCC(C1)N2)C1CCSC1. The van der Waals surface area contributed by atoms with E-state index in [9.17, 15) is 0 Å². The van der Waals surface area contributed by atoms with Crippen LogP contribution < -0.4 is 5.32 Å². The van der Waals surface area contributed by atoms with Crippen LogP contribution in [0.1, 0.15) is 38.5 Å². The Morgan fingerprint density at radius 1 is 1.18 bits per heavy atom. The summed E-state index contributed by atoms with van der Waals surface area (Å²) in [7, 11) is 2.34. The van der Waals surface area contributed by atoms with Gasteiger partial charge in [0.2, 0.25) is 0 Å². The van der Waals surface area contributed by atoms with Gasteiger partial charge in [0.05, 0.1) is 0 Å². The molecule has 3 unspecified atom stereocenters. The Morgan fingerprint density at radius 3 is 2.59 bits per heavy atom. The minimum atomic E-state index is 0.867. The van der Waals surface area contributed by atoms with Crippen LogP contribution in [-0.2, 0) is 0 Å². The molecule has 2 nitrogen and oxygen atoms in total. The quantitative estimate of drug-likeness (QED) is 0.829. The van der Waals surface area contributed by atoms with Crippen molar-refractivity contribution in [3.8, 4) is 0 Å². The monoisotopic (exact) mass is 254 g/mol. The van der Waals surface area contributed by atoms with E-state index in [2.05, 4.69) is 29.0 Å². The van der Waals surface area contributed by atoms with E-state index in [0.29, 0.717) is 0 Å². The highest BCUT2D eigenvalue weighted by atomic mass is 32.2. The molecule has 3 heterocycles. The first-order valence-corrected chi connectivity index (χ1v) is 8.51. The third-order valence-corrected chi connectivity index (χ3v) is 6.13. The summed E-state index contributed by atoms with van der Waals surface area (Å²) in [6.07, 6.45) is 8.63. The van der Waals surface area contributed by atoms with Gasteiger partial charge in [-0.05, 0) is 63.8 Å². The second-order valence-electron chi connectivity index (χ2n) is 6.26. The van der Waals surface area contributed by atoms with Crippen molar-refractivity contribution >= 4 is 11.8 Å². The predicted molar refractivity (Wildman–Crippen MR) is 75.6 cm³/mol. The maximum absolute atomic E-state index is 3.75. The summed E-state index contributed by atoms with van der Waals surface area (Å²) in [4.78, 5) is 2.63. The molecule has 3 fully saturated rings. The van der Waals surface area contributed by atoms with E-state index >= 15 is 0 Å². The molecule has 0 aromatic heterocycles. The highest BCUT2D eigenvalue weighted by Gasteiger charge is 2.33. The third kappa shape index (κ3) is 2.99. The second kappa shape index (κ2) is 5.50. The first-order valence-electron chi connectivity index (χ1n) is 7.35. The molecule has 3 aliphatic rings. The molecule has 98 valence electrons. The first kappa shape index (κ1) is 12.3. The normalized spacial score (nSPS) is 41.3. The lowest BCUT2D eigenvalue weighted by molar-refractivity contribution is 0.212. The highest BCUT2D eigenvalue weighted by Crippen LogP contribution is 2.33. The summed E-state index contributed by atoms with van der Waals surface area (Å²) in [6.45, 7) is 1.33. The van der Waals surface area contributed by atoms with Crippen LogP contribution in [0.2, 0.25) is 0 Å². The van der Waals surface area contributed by atoms with Gasteiger partial charge in [-0.2, -0.15) is 11.8 Å². The topological polar surface area (TPSA) is 15.3 Å². The molecule has 0 aromatic carbocycles. The molecule has 2 bridgehead atoms. The van der Waals surface area contributed by atoms with Crippen LogP contribution in [0.15, 0.2) is 0 Å². The van der Waals surface area contributed by atoms with Crippen LogP contribution in [0.3, 0.4) is 0 Å². The van der Waals surface area contributed by atoms with E-state index in [4.69, 9.17) is 0 Å². The number of hydrogen-bond acceptors (Lipinski definition) is 3. The van der Waals surface area contributed by atoms with E-state index in [1.165, 1.54) is 56.6 Å².